The van der Waals surface area contributed by atoms with Gasteiger partial charge < -0.3 is 20.9 Å². The molecule has 4 heteroatoms. The van der Waals surface area contributed by atoms with Crippen LogP contribution in [0.3, 0.4) is 0 Å². The van der Waals surface area contributed by atoms with Gasteiger partial charge in [-0.2, -0.15) is 0 Å². The Bertz CT molecular complexity index is 341. The normalized spacial score (nSPS) is 25.6. The first-order valence-corrected chi connectivity index (χ1v) is 4.61. The molecule has 0 aromatic heterocycles. The van der Waals surface area contributed by atoms with E-state index in [1.54, 1.807) is 0 Å². The highest BCUT2D eigenvalue weighted by atomic mass is 16.5. The minimum absolute atomic E-state index is 0.325. The van der Waals surface area contributed by atoms with Gasteiger partial charge in [0.25, 0.3) is 0 Å². The van der Waals surface area contributed by atoms with Gasteiger partial charge in [0.15, 0.2) is 0 Å². The van der Waals surface area contributed by atoms with Crippen LogP contribution in [0.25, 0.3) is 0 Å². The van der Waals surface area contributed by atoms with Crippen LogP contribution >= 0.6 is 0 Å². The number of aliphatic hydroxyl groups excluding tert-OH is 1. The zero-order valence-electron chi connectivity index (χ0n) is 8.03. The predicted octanol–water partition coefficient (Wildman–Crippen LogP) is 0.445. The van der Waals surface area contributed by atoms with Crippen molar-refractivity contribution in [1.82, 2.24) is 0 Å². The van der Waals surface area contributed by atoms with Crippen molar-refractivity contribution in [2.24, 2.45) is 5.73 Å². The van der Waals surface area contributed by atoms with Crippen molar-refractivity contribution < 1.29 is 9.84 Å². The molecule has 1 aromatic carbocycles. The number of nitrogens with two attached hydrogens (primary N) is 1. The Labute approximate surface area is 82.7 Å². The van der Waals surface area contributed by atoms with E-state index in [1.807, 2.05) is 25.1 Å². The lowest BCUT2D eigenvalue weighted by molar-refractivity contribution is 0.146. The number of aryl methyl sites for hydroxylation is 1. The Kier molecular flexibility index (Phi) is 2.31. The van der Waals surface area contributed by atoms with Crippen LogP contribution in [0.2, 0.25) is 0 Å². The summed E-state index contributed by atoms with van der Waals surface area (Å²) >= 11 is 0. The van der Waals surface area contributed by atoms with Crippen LogP contribution in [0.5, 0.6) is 5.75 Å². The van der Waals surface area contributed by atoms with E-state index >= 15 is 0 Å². The number of ether oxygens (including phenoxy) is 1. The van der Waals surface area contributed by atoms with Gasteiger partial charge in [-0.3, -0.25) is 0 Å². The highest BCUT2D eigenvalue weighted by Crippen LogP contribution is 2.30. The summed E-state index contributed by atoms with van der Waals surface area (Å²) in [4.78, 5) is 0. The largest absolute Gasteiger partial charge is 0.489 e. The van der Waals surface area contributed by atoms with E-state index < -0.39 is 12.3 Å². The third kappa shape index (κ3) is 1.54. The van der Waals surface area contributed by atoms with E-state index in [-0.39, 0.29) is 0 Å². The minimum atomic E-state index is -0.752. The lowest BCUT2D eigenvalue weighted by Gasteiger charge is -2.15. The topological polar surface area (TPSA) is 67.5 Å². The summed E-state index contributed by atoms with van der Waals surface area (Å²) in [6.45, 7) is 2.29. The van der Waals surface area contributed by atoms with Crippen LogP contribution in [-0.4, -0.2) is 24.0 Å². The van der Waals surface area contributed by atoms with E-state index in [1.165, 1.54) is 0 Å². The Morgan fingerprint density at radius 1 is 1.57 bits per heavy atom. The molecule has 2 atom stereocenters. The Hall–Kier alpha value is -1.26. The molecule has 0 spiro atoms. The molecule has 0 aliphatic carbocycles. The molecule has 1 aliphatic heterocycles. The first-order chi connectivity index (χ1) is 6.68. The summed E-state index contributed by atoms with van der Waals surface area (Å²) in [5.41, 5.74) is 7.51. The number of para-hydroxylation sites is 1. The fourth-order valence-electron chi connectivity index (χ4n) is 1.49. The molecule has 1 unspecified atom stereocenters. The van der Waals surface area contributed by atoms with Crippen LogP contribution in [0.1, 0.15) is 5.56 Å². The molecule has 0 saturated carbocycles. The molecular weight excluding hydrogens is 180 g/mol. The highest BCUT2D eigenvalue weighted by molar-refractivity contribution is 5.60. The molecule has 1 aromatic rings. The molecule has 0 amide bonds. The van der Waals surface area contributed by atoms with Crippen molar-refractivity contribution >= 4 is 5.69 Å². The summed E-state index contributed by atoms with van der Waals surface area (Å²) in [6, 6.07) is 5.34. The molecule has 1 heterocycles. The van der Waals surface area contributed by atoms with Gasteiger partial charge in [-0.15, -0.1) is 0 Å². The van der Waals surface area contributed by atoms with Gasteiger partial charge >= 0.3 is 0 Å². The van der Waals surface area contributed by atoms with E-state index in [4.69, 9.17) is 10.5 Å². The first-order valence-electron chi connectivity index (χ1n) is 4.61. The predicted molar refractivity (Wildman–Crippen MR) is 54.3 cm³/mol. The third-order valence-corrected chi connectivity index (χ3v) is 2.34. The van der Waals surface area contributed by atoms with Crippen LogP contribution in [0, 0.1) is 6.92 Å². The number of nitrogens with one attached hydrogen (secondary N) is 1. The fourth-order valence-corrected chi connectivity index (χ4v) is 1.49. The fraction of sp³-hybridized carbons (Fsp3) is 0.400. The highest BCUT2D eigenvalue weighted by Gasteiger charge is 2.22. The summed E-state index contributed by atoms with van der Waals surface area (Å²) in [6.07, 6.45) is -0.752. The average molecular weight is 194 g/mol. The van der Waals surface area contributed by atoms with Gasteiger partial charge in [-0.05, 0) is 18.6 Å². The Morgan fingerprint density at radius 2 is 2.36 bits per heavy atom. The molecule has 0 saturated heterocycles. The molecule has 2 rings (SSSR count). The lowest BCUT2D eigenvalue weighted by Crippen LogP contribution is -2.42. The number of benzene rings is 1. The second-order valence-electron chi connectivity index (χ2n) is 3.52. The second kappa shape index (κ2) is 3.48. The SMILES string of the molecule is Cc1cccc2c1OC[C@H](N)C(O)N2. The van der Waals surface area contributed by atoms with Crippen molar-refractivity contribution in [3.63, 3.8) is 0 Å². The first kappa shape index (κ1) is 9.30. The standard InChI is InChI=1S/C10H14N2O2/c1-6-3-2-4-8-9(6)14-5-7(11)10(13)12-8/h2-4,7,10,12-13H,5,11H2,1H3/t7-,10?/m0/s1. The third-order valence-electron chi connectivity index (χ3n) is 2.34. The lowest BCUT2D eigenvalue weighted by atomic mass is 10.2. The number of anilines is 1. The zero-order chi connectivity index (χ0) is 10.1. The quantitative estimate of drug-likeness (QED) is 0.561. The Morgan fingerprint density at radius 3 is 3.14 bits per heavy atom. The van der Waals surface area contributed by atoms with Crippen molar-refractivity contribution in [2.45, 2.75) is 19.2 Å². The summed E-state index contributed by atoms with van der Waals surface area (Å²) in [7, 11) is 0. The van der Waals surface area contributed by atoms with Crippen LogP contribution in [-0.2, 0) is 0 Å². The maximum atomic E-state index is 9.58. The summed E-state index contributed by atoms with van der Waals surface area (Å²) < 4.78 is 5.51. The van der Waals surface area contributed by atoms with Gasteiger partial charge in [0.1, 0.15) is 18.6 Å². The van der Waals surface area contributed by atoms with E-state index in [0.717, 1.165) is 17.0 Å². The molecule has 14 heavy (non-hydrogen) atoms. The number of hydrogen-bond acceptors (Lipinski definition) is 4. The van der Waals surface area contributed by atoms with Gasteiger partial charge in [0.2, 0.25) is 0 Å². The van der Waals surface area contributed by atoms with Crippen molar-refractivity contribution in [1.29, 1.82) is 0 Å². The molecule has 0 fully saturated rings. The molecule has 0 radical (unpaired) electrons. The van der Waals surface area contributed by atoms with Gasteiger partial charge in [-0.1, -0.05) is 12.1 Å². The molecular formula is C10H14N2O2. The van der Waals surface area contributed by atoms with E-state index in [0.29, 0.717) is 6.61 Å². The minimum Gasteiger partial charge on any atom is -0.489 e. The molecule has 4 nitrogen and oxygen atoms in total. The molecule has 0 bridgehead atoms. The van der Waals surface area contributed by atoms with Gasteiger partial charge in [0.05, 0.1) is 11.7 Å². The molecule has 76 valence electrons. The maximum absolute atomic E-state index is 9.58. The summed E-state index contributed by atoms with van der Waals surface area (Å²) in [5, 5.41) is 12.5. The Balaban J connectivity index is 2.37. The number of rotatable bonds is 0. The van der Waals surface area contributed by atoms with Gasteiger partial charge in [0, 0.05) is 0 Å². The molecule has 1 aliphatic rings. The summed E-state index contributed by atoms with van der Waals surface area (Å²) in [5.74, 6) is 0.777. The number of fused-ring (bicyclic) bond motifs is 1. The van der Waals surface area contributed by atoms with E-state index in [9.17, 15) is 5.11 Å². The van der Waals surface area contributed by atoms with Crippen molar-refractivity contribution in [3.8, 4) is 5.75 Å². The monoisotopic (exact) mass is 194 g/mol. The molecule has 4 N–H and O–H groups in total. The number of aliphatic hydroxyl groups is 1. The van der Waals surface area contributed by atoms with Gasteiger partial charge in [-0.25, -0.2) is 0 Å². The van der Waals surface area contributed by atoms with Crippen LogP contribution in [0.15, 0.2) is 18.2 Å². The van der Waals surface area contributed by atoms with Crippen molar-refractivity contribution in [3.05, 3.63) is 23.8 Å². The van der Waals surface area contributed by atoms with E-state index in [2.05, 4.69) is 5.32 Å². The second-order valence-corrected chi connectivity index (χ2v) is 3.52. The zero-order valence-corrected chi connectivity index (χ0v) is 8.03. The average Bonchev–Trinajstić information content (AvgIpc) is 2.29. The van der Waals surface area contributed by atoms with Crippen molar-refractivity contribution in [2.75, 3.05) is 11.9 Å². The van der Waals surface area contributed by atoms with Crippen LogP contribution in [0.4, 0.5) is 5.69 Å². The number of hydrogen-bond donors (Lipinski definition) is 3. The maximum Gasteiger partial charge on any atom is 0.145 e. The van der Waals surface area contributed by atoms with Crippen LogP contribution < -0.4 is 15.8 Å². The smallest absolute Gasteiger partial charge is 0.145 e.